The first-order valence-electron chi connectivity index (χ1n) is 6.45. The van der Waals surface area contributed by atoms with Gasteiger partial charge in [-0.2, -0.15) is 0 Å². The highest BCUT2D eigenvalue weighted by Gasteiger charge is 2.14. The molecule has 0 spiro atoms. The molecule has 3 nitrogen and oxygen atoms in total. The van der Waals surface area contributed by atoms with Crippen LogP contribution in [0.2, 0.25) is 5.02 Å². The monoisotopic (exact) mass is 288 g/mol. The van der Waals surface area contributed by atoms with Gasteiger partial charge in [0.25, 0.3) is 5.91 Å². The largest absolute Gasteiger partial charge is 0.398 e. The normalized spacial score (nSPS) is 10.3. The zero-order valence-electron chi connectivity index (χ0n) is 11.6. The van der Waals surface area contributed by atoms with Crippen molar-refractivity contribution in [1.29, 1.82) is 0 Å². The molecule has 4 heteroatoms. The predicted molar refractivity (Wildman–Crippen MR) is 84.4 cm³/mol. The van der Waals surface area contributed by atoms with Gasteiger partial charge in [0.15, 0.2) is 0 Å². The molecule has 20 heavy (non-hydrogen) atoms. The number of nitrogens with two attached hydrogens (primary N) is 1. The van der Waals surface area contributed by atoms with Crippen LogP contribution >= 0.6 is 11.6 Å². The Balaban J connectivity index is 2.24. The summed E-state index contributed by atoms with van der Waals surface area (Å²) in [6.45, 7) is 2.10. The maximum absolute atomic E-state index is 12.4. The third kappa shape index (κ3) is 2.94. The average Bonchev–Trinajstić information content (AvgIpc) is 2.48. The first-order chi connectivity index (χ1) is 9.52. The highest BCUT2D eigenvalue weighted by Crippen LogP contribution is 2.22. The lowest BCUT2D eigenvalue weighted by molar-refractivity contribution is 0.0993. The van der Waals surface area contributed by atoms with Crippen molar-refractivity contribution in [1.82, 2.24) is 0 Å². The maximum atomic E-state index is 12.4. The van der Waals surface area contributed by atoms with Crippen LogP contribution in [0.1, 0.15) is 22.8 Å². The molecule has 0 aromatic heterocycles. The van der Waals surface area contributed by atoms with Crippen LogP contribution < -0.4 is 10.6 Å². The van der Waals surface area contributed by atoms with Crippen LogP contribution in [0.4, 0.5) is 11.4 Å². The third-order valence-electron chi connectivity index (χ3n) is 3.28. The predicted octanol–water partition coefficient (Wildman–Crippen LogP) is 3.76. The van der Waals surface area contributed by atoms with Crippen LogP contribution in [0.15, 0.2) is 42.5 Å². The minimum absolute atomic E-state index is 0.113. The number of amides is 1. The molecule has 0 radical (unpaired) electrons. The van der Waals surface area contributed by atoms with E-state index in [0.717, 1.165) is 12.1 Å². The summed E-state index contributed by atoms with van der Waals surface area (Å²) in [7, 11) is 1.74. The molecule has 2 aromatic carbocycles. The lowest BCUT2D eigenvalue weighted by Gasteiger charge is -2.18. The van der Waals surface area contributed by atoms with Gasteiger partial charge in [-0.25, -0.2) is 0 Å². The van der Waals surface area contributed by atoms with Crippen molar-refractivity contribution in [2.75, 3.05) is 17.7 Å². The fourth-order valence-electron chi connectivity index (χ4n) is 1.94. The van der Waals surface area contributed by atoms with Gasteiger partial charge in [-0.05, 0) is 42.3 Å². The summed E-state index contributed by atoms with van der Waals surface area (Å²) >= 11 is 5.87. The number of hydrogen-bond acceptors (Lipinski definition) is 2. The van der Waals surface area contributed by atoms with E-state index < -0.39 is 0 Å². The number of anilines is 2. The summed E-state index contributed by atoms with van der Waals surface area (Å²) in [5.74, 6) is -0.113. The number of carbonyl (C=O) groups is 1. The molecule has 2 aromatic rings. The van der Waals surface area contributed by atoms with E-state index in [1.54, 1.807) is 30.1 Å². The quantitative estimate of drug-likeness (QED) is 0.874. The number of aryl methyl sites for hydroxylation is 1. The number of benzene rings is 2. The molecule has 0 unspecified atom stereocenters. The van der Waals surface area contributed by atoms with Crippen LogP contribution in [0.3, 0.4) is 0 Å². The second-order valence-corrected chi connectivity index (χ2v) is 5.03. The van der Waals surface area contributed by atoms with Crippen molar-refractivity contribution >= 4 is 28.9 Å². The summed E-state index contributed by atoms with van der Waals surface area (Å²) in [4.78, 5) is 14.0. The van der Waals surface area contributed by atoms with Crippen molar-refractivity contribution in [3.05, 3.63) is 58.6 Å². The Morgan fingerprint density at radius 1 is 1.20 bits per heavy atom. The summed E-state index contributed by atoms with van der Waals surface area (Å²) < 4.78 is 0. The van der Waals surface area contributed by atoms with E-state index in [4.69, 9.17) is 17.3 Å². The summed E-state index contributed by atoms with van der Waals surface area (Å²) in [6, 6.07) is 12.8. The molecule has 0 heterocycles. The molecule has 1 amide bonds. The molecule has 0 fully saturated rings. The van der Waals surface area contributed by atoms with Crippen LogP contribution in [-0.2, 0) is 6.42 Å². The van der Waals surface area contributed by atoms with Gasteiger partial charge in [-0.3, -0.25) is 4.79 Å². The summed E-state index contributed by atoms with van der Waals surface area (Å²) in [5.41, 5.74) is 8.75. The van der Waals surface area contributed by atoms with Crippen LogP contribution in [0.5, 0.6) is 0 Å². The Bertz CT molecular complexity index is 623. The van der Waals surface area contributed by atoms with E-state index in [0.29, 0.717) is 16.3 Å². The molecule has 0 atom stereocenters. The zero-order valence-corrected chi connectivity index (χ0v) is 12.3. The molecular formula is C16H17ClN2O. The Hall–Kier alpha value is -2.00. The van der Waals surface area contributed by atoms with E-state index in [-0.39, 0.29) is 5.91 Å². The molecule has 0 saturated heterocycles. The van der Waals surface area contributed by atoms with Crippen LogP contribution in [-0.4, -0.2) is 13.0 Å². The van der Waals surface area contributed by atoms with Crippen molar-refractivity contribution in [3.63, 3.8) is 0 Å². The standard InChI is InChI=1S/C16H17ClN2O/c1-3-11-4-7-13(8-5-11)19(2)16(20)12-6-9-14(17)15(18)10-12/h4-10H,3,18H2,1-2H3. The second-order valence-electron chi connectivity index (χ2n) is 4.62. The van der Waals surface area contributed by atoms with Crippen molar-refractivity contribution in [2.24, 2.45) is 0 Å². The molecule has 0 aliphatic carbocycles. The average molecular weight is 289 g/mol. The number of hydrogen-bond donors (Lipinski definition) is 1. The van der Waals surface area contributed by atoms with Gasteiger partial charge in [0.1, 0.15) is 0 Å². The van der Waals surface area contributed by atoms with Crippen molar-refractivity contribution in [2.45, 2.75) is 13.3 Å². The first-order valence-corrected chi connectivity index (χ1v) is 6.82. The Labute approximate surface area is 124 Å². The Morgan fingerprint density at radius 2 is 1.85 bits per heavy atom. The summed E-state index contributed by atoms with van der Waals surface area (Å²) in [5, 5.41) is 0.455. The van der Waals surface area contributed by atoms with Gasteiger partial charge in [-0.1, -0.05) is 30.7 Å². The van der Waals surface area contributed by atoms with Gasteiger partial charge < -0.3 is 10.6 Å². The minimum atomic E-state index is -0.113. The lowest BCUT2D eigenvalue weighted by atomic mass is 10.1. The van der Waals surface area contributed by atoms with Gasteiger partial charge in [-0.15, -0.1) is 0 Å². The van der Waals surface area contributed by atoms with Gasteiger partial charge >= 0.3 is 0 Å². The van der Waals surface area contributed by atoms with Crippen molar-refractivity contribution in [3.8, 4) is 0 Å². The minimum Gasteiger partial charge on any atom is -0.398 e. The smallest absolute Gasteiger partial charge is 0.258 e. The molecule has 0 aliphatic heterocycles. The van der Waals surface area contributed by atoms with E-state index >= 15 is 0 Å². The van der Waals surface area contributed by atoms with Crippen LogP contribution in [0, 0.1) is 0 Å². The number of carbonyl (C=O) groups excluding carboxylic acids is 1. The molecule has 2 rings (SSSR count). The molecule has 0 bridgehead atoms. The first kappa shape index (κ1) is 14.4. The fourth-order valence-corrected chi connectivity index (χ4v) is 2.06. The number of nitrogens with zero attached hydrogens (tertiary/aromatic N) is 1. The number of halogens is 1. The Kier molecular flexibility index (Phi) is 4.30. The number of nitrogen functional groups attached to an aromatic ring is 1. The van der Waals surface area contributed by atoms with E-state index in [9.17, 15) is 4.79 Å². The highest BCUT2D eigenvalue weighted by molar-refractivity contribution is 6.33. The molecular weight excluding hydrogens is 272 g/mol. The molecule has 0 saturated carbocycles. The van der Waals surface area contributed by atoms with E-state index in [1.807, 2.05) is 24.3 Å². The molecule has 0 aliphatic rings. The molecule has 104 valence electrons. The van der Waals surface area contributed by atoms with Crippen LogP contribution in [0.25, 0.3) is 0 Å². The Morgan fingerprint density at radius 3 is 2.40 bits per heavy atom. The van der Waals surface area contributed by atoms with Gasteiger partial charge in [0.2, 0.25) is 0 Å². The van der Waals surface area contributed by atoms with Crippen molar-refractivity contribution < 1.29 is 4.79 Å². The summed E-state index contributed by atoms with van der Waals surface area (Å²) in [6.07, 6.45) is 0.978. The maximum Gasteiger partial charge on any atom is 0.258 e. The lowest BCUT2D eigenvalue weighted by Crippen LogP contribution is -2.26. The van der Waals surface area contributed by atoms with Gasteiger partial charge in [0.05, 0.1) is 10.7 Å². The SMILES string of the molecule is CCc1ccc(N(C)C(=O)c2ccc(Cl)c(N)c2)cc1. The third-order valence-corrected chi connectivity index (χ3v) is 3.62. The zero-order chi connectivity index (χ0) is 14.7. The van der Waals surface area contributed by atoms with Gasteiger partial charge in [0, 0.05) is 18.3 Å². The highest BCUT2D eigenvalue weighted by atomic mass is 35.5. The van der Waals surface area contributed by atoms with E-state index in [1.165, 1.54) is 5.56 Å². The molecule has 2 N–H and O–H groups in total. The van der Waals surface area contributed by atoms with E-state index in [2.05, 4.69) is 6.92 Å². The topological polar surface area (TPSA) is 46.3 Å². The fraction of sp³-hybridized carbons (Fsp3) is 0.188. The second kappa shape index (κ2) is 5.97. The number of rotatable bonds is 3.